The first-order valence-corrected chi connectivity index (χ1v) is 5.80. The minimum atomic E-state index is -0.752. The number of rotatable bonds is 3. The minimum Gasteiger partial charge on any atom is -0.371 e. The number of benzene rings is 1. The molecule has 0 aromatic heterocycles. The zero-order valence-corrected chi connectivity index (χ0v) is 9.32. The van der Waals surface area contributed by atoms with E-state index in [0.29, 0.717) is 0 Å². The molecule has 2 rings (SSSR count). The van der Waals surface area contributed by atoms with Crippen LogP contribution in [0.4, 0.5) is 0 Å². The van der Waals surface area contributed by atoms with Gasteiger partial charge in [0.25, 0.3) is 0 Å². The van der Waals surface area contributed by atoms with E-state index < -0.39 is 5.72 Å². The van der Waals surface area contributed by atoms with Crippen LogP contribution in [0, 0.1) is 0 Å². The van der Waals surface area contributed by atoms with Gasteiger partial charge in [0, 0.05) is 13.1 Å². The van der Waals surface area contributed by atoms with Crippen molar-refractivity contribution in [1.82, 2.24) is 4.90 Å². The molecule has 1 aliphatic rings. The molecule has 1 N–H and O–H groups in total. The molecule has 0 amide bonds. The monoisotopic (exact) mass is 205 g/mol. The molecule has 1 aromatic rings. The van der Waals surface area contributed by atoms with Crippen molar-refractivity contribution in [3.63, 3.8) is 0 Å². The highest BCUT2D eigenvalue weighted by Crippen LogP contribution is 2.31. The van der Waals surface area contributed by atoms with E-state index >= 15 is 0 Å². The van der Waals surface area contributed by atoms with Crippen molar-refractivity contribution in [3.8, 4) is 0 Å². The van der Waals surface area contributed by atoms with Crippen molar-refractivity contribution in [3.05, 3.63) is 35.9 Å². The predicted octanol–water partition coefficient (Wildman–Crippen LogP) is 2.34. The van der Waals surface area contributed by atoms with Crippen LogP contribution >= 0.6 is 0 Å². The molecule has 15 heavy (non-hydrogen) atoms. The normalized spacial score (nSPS) is 21.5. The summed E-state index contributed by atoms with van der Waals surface area (Å²) in [6, 6.07) is 10.0. The smallest absolute Gasteiger partial charge is 0.144 e. The molecule has 1 saturated heterocycles. The van der Waals surface area contributed by atoms with Gasteiger partial charge < -0.3 is 5.11 Å². The van der Waals surface area contributed by atoms with Crippen molar-refractivity contribution in [2.75, 3.05) is 13.1 Å². The molecule has 2 heteroatoms. The third-order valence-electron chi connectivity index (χ3n) is 3.36. The topological polar surface area (TPSA) is 23.5 Å². The molecular formula is C13H19NO. The van der Waals surface area contributed by atoms with E-state index in [1.807, 2.05) is 37.3 Å². The molecule has 1 atom stereocenters. The lowest BCUT2D eigenvalue weighted by Gasteiger charge is -2.36. The van der Waals surface area contributed by atoms with Gasteiger partial charge in [-0.3, -0.25) is 4.90 Å². The van der Waals surface area contributed by atoms with Crippen LogP contribution in [0.2, 0.25) is 0 Å². The maximum atomic E-state index is 10.7. The highest BCUT2D eigenvalue weighted by atomic mass is 16.3. The molecule has 1 aliphatic heterocycles. The molecular weight excluding hydrogens is 186 g/mol. The summed E-state index contributed by atoms with van der Waals surface area (Å²) in [5.41, 5.74) is 0.270. The average molecular weight is 205 g/mol. The molecule has 1 heterocycles. The standard InChI is InChI=1S/C13H19NO/c1-2-13(15,14-10-6-7-11-14)12-8-4-3-5-9-12/h3-5,8-9,15H,2,6-7,10-11H2,1H3. The van der Waals surface area contributed by atoms with Gasteiger partial charge in [0.05, 0.1) is 0 Å². The van der Waals surface area contributed by atoms with Crippen LogP contribution in [0.1, 0.15) is 31.7 Å². The third-order valence-corrected chi connectivity index (χ3v) is 3.36. The van der Waals surface area contributed by atoms with E-state index in [0.717, 1.165) is 25.1 Å². The quantitative estimate of drug-likeness (QED) is 0.818. The Morgan fingerprint density at radius 2 is 1.80 bits per heavy atom. The van der Waals surface area contributed by atoms with Crippen molar-refractivity contribution in [2.45, 2.75) is 31.9 Å². The van der Waals surface area contributed by atoms with Crippen LogP contribution in [-0.2, 0) is 5.72 Å². The lowest BCUT2D eigenvalue weighted by molar-refractivity contribution is -0.107. The second kappa shape index (κ2) is 4.33. The number of likely N-dealkylation sites (tertiary alicyclic amines) is 1. The fourth-order valence-corrected chi connectivity index (χ4v) is 2.40. The highest BCUT2D eigenvalue weighted by molar-refractivity contribution is 5.21. The van der Waals surface area contributed by atoms with Gasteiger partial charge in [-0.1, -0.05) is 37.3 Å². The van der Waals surface area contributed by atoms with Gasteiger partial charge in [-0.15, -0.1) is 0 Å². The van der Waals surface area contributed by atoms with E-state index in [1.54, 1.807) is 0 Å². The maximum Gasteiger partial charge on any atom is 0.144 e. The first kappa shape index (κ1) is 10.7. The summed E-state index contributed by atoms with van der Waals surface area (Å²) >= 11 is 0. The summed E-state index contributed by atoms with van der Waals surface area (Å²) in [7, 11) is 0. The van der Waals surface area contributed by atoms with Crippen LogP contribution in [0.25, 0.3) is 0 Å². The van der Waals surface area contributed by atoms with Gasteiger partial charge in [0.1, 0.15) is 5.72 Å². The Kier molecular flexibility index (Phi) is 3.08. The Morgan fingerprint density at radius 1 is 1.20 bits per heavy atom. The fourth-order valence-electron chi connectivity index (χ4n) is 2.40. The molecule has 0 saturated carbocycles. The van der Waals surface area contributed by atoms with Gasteiger partial charge in [-0.2, -0.15) is 0 Å². The largest absolute Gasteiger partial charge is 0.371 e. The molecule has 2 nitrogen and oxygen atoms in total. The lowest BCUT2D eigenvalue weighted by Crippen LogP contribution is -2.43. The molecule has 1 aromatic carbocycles. The first-order chi connectivity index (χ1) is 7.27. The second-order valence-electron chi connectivity index (χ2n) is 4.23. The fraction of sp³-hybridized carbons (Fsp3) is 0.538. The van der Waals surface area contributed by atoms with Gasteiger partial charge in [0.2, 0.25) is 0 Å². The van der Waals surface area contributed by atoms with Gasteiger partial charge in [0.15, 0.2) is 0 Å². The second-order valence-corrected chi connectivity index (χ2v) is 4.23. The SMILES string of the molecule is CCC(O)(c1ccccc1)N1CCCC1. The number of aliphatic hydroxyl groups is 1. The van der Waals surface area contributed by atoms with E-state index in [-0.39, 0.29) is 0 Å². The molecule has 1 fully saturated rings. The van der Waals surface area contributed by atoms with E-state index in [9.17, 15) is 5.11 Å². The zero-order valence-electron chi connectivity index (χ0n) is 9.32. The van der Waals surface area contributed by atoms with E-state index in [2.05, 4.69) is 4.90 Å². The molecule has 0 spiro atoms. The molecule has 0 bridgehead atoms. The Labute approximate surface area is 91.5 Å². The maximum absolute atomic E-state index is 10.7. The summed E-state index contributed by atoms with van der Waals surface area (Å²) in [5, 5.41) is 10.7. The van der Waals surface area contributed by atoms with Gasteiger partial charge >= 0.3 is 0 Å². The van der Waals surface area contributed by atoms with Crippen LogP contribution in [0.15, 0.2) is 30.3 Å². The van der Waals surface area contributed by atoms with Gasteiger partial charge in [-0.05, 0) is 24.8 Å². The molecule has 82 valence electrons. The number of nitrogens with zero attached hydrogens (tertiary/aromatic N) is 1. The van der Waals surface area contributed by atoms with Crippen molar-refractivity contribution >= 4 is 0 Å². The number of hydrogen-bond donors (Lipinski definition) is 1. The first-order valence-electron chi connectivity index (χ1n) is 5.80. The summed E-state index contributed by atoms with van der Waals surface area (Å²) in [6.45, 7) is 4.07. The van der Waals surface area contributed by atoms with Crippen molar-refractivity contribution in [1.29, 1.82) is 0 Å². The minimum absolute atomic E-state index is 0.747. The van der Waals surface area contributed by atoms with Crippen LogP contribution in [-0.4, -0.2) is 23.1 Å². The molecule has 1 unspecified atom stereocenters. The van der Waals surface area contributed by atoms with E-state index in [1.165, 1.54) is 12.8 Å². The average Bonchev–Trinajstić information content (AvgIpc) is 2.83. The van der Waals surface area contributed by atoms with Crippen LogP contribution in [0.3, 0.4) is 0 Å². The summed E-state index contributed by atoms with van der Waals surface area (Å²) in [4.78, 5) is 2.20. The Hall–Kier alpha value is -0.860. The zero-order chi connectivity index (χ0) is 10.7. The Bertz CT molecular complexity index is 306. The van der Waals surface area contributed by atoms with E-state index in [4.69, 9.17) is 0 Å². The molecule has 0 aliphatic carbocycles. The van der Waals surface area contributed by atoms with Crippen molar-refractivity contribution < 1.29 is 5.11 Å². The van der Waals surface area contributed by atoms with Crippen LogP contribution in [0.5, 0.6) is 0 Å². The summed E-state index contributed by atoms with van der Waals surface area (Å²) in [5.74, 6) is 0. The number of hydrogen-bond acceptors (Lipinski definition) is 2. The Morgan fingerprint density at radius 3 is 2.33 bits per heavy atom. The highest BCUT2D eigenvalue weighted by Gasteiger charge is 2.35. The Balaban J connectivity index is 2.28. The third kappa shape index (κ3) is 1.92. The summed E-state index contributed by atoms with van der Waals surface area (Å²) in [6.07, 6.45) is 3.15. The lowest BCUT2D eigenvalue weighted by atomic mass is 9.98. The predicted molar refractivity (Wildman–Crippen MR) is 61.4 cm³/mol. The van der Waals surface area contributed by atoms with Gasteiger partial charge in [-0.25, -0.2) is 0 Å². The van der Waals surface area contributed by atoms with Crippen LogP contribution < -0.4 is 0 Å². The summed E-state index contributed by atoms with van der Waals surface area (Å²) < 4.78 is 0. The van der Waals surface area contributed by atoms with Crippen molar-refractivity contribution in [2.24, 2.45) is 0 Å². The molecule has 0 radical (unpaired) electrons.